The fourth-order valence-electron chi connectivity index (χ4n) is 4.10. The van der Waals surface area contributed by atoms with E-state index in [4.69, 9.17) is 13.6 Å². The molecular formula is C25H20N2O6. The van der Waals surface area contributed by atoms with Gasteiger partial charge in [-0.25, -0.2) is 14.3 Å². The molecule has 0 atom stereocenters. The maximum atomic E-state index is 13.0. The number of hydrogen-bond donors (Lipinski definition) is 1. The molecule has 0 unspecified atom stereocenters. The van der Waals surface area contributed by atoms with Crippen molar-refractivity contribution < 1.29 is 18.7 Å². The minimum atomic E-state index is -0.683. The highest BCUT2D eigenvalue weighted by molar-refractivity contribution is 5.92. The number of fused-ring (bicyclic) bond motifs is 2. The van der Waals surface area contributed by atoms with Crippen LogP contribution in [0.25, 0.3) is 38.9 Å². The molecule has 0 amide bonds. The molecule has 0 fully saturated rings. The number of benzene rings is 2. The van der Waals surface area contributed by atoms with E-state index in [-0.39, 0.29) is 11.3 Å². The molecule has 5 aromatic rings. The Bertz CT molecular complexity index is 1690. The maximum absolute atomic E-state index is 13.0. The first kappa shape index (κ1) is 20.6. The number of aromatic nitrogens is 2. The highest BCUT2D eigenvalue weighted by Gasteiger charge is 2.23. The zero-order chi connectivity index (χ0) is 23.4. The van der Waals surface area contributed by atoms with Gasteiger partial charge in [-0.1, -0.05) is 12.1 Å². The third-order valence-corrected chi connectivity index (χ3v) is 5.67. The van der Waals surface area contributed by atoms with Gasteiger partial charge in [0, 0.05) is 17.5 Å². The van der Waals surface area contributed by atoms with Crippen LogP contribution in [0.2, 0.25) is 0 Å². The summed E-state index contributed by atoms with van der Waals surface area (Å²) in [6.45, 7) is 5.39. The van der Waals surface area contributed by atoms with E-state index in [2.05, 4.69) is 5.10 Å². The topological polar surface area (TPSA) is 108 Å². The number of aryl methyl sites for hydroxylation is 3. The van der Waals surface area contributed by atoms with E-state index < -0.39 is 11.3 Å². The monoisotopic (exact) mass is 444 g/mol. The summed E-state index contributed by atoms with van der Waals surface area (Å²) >= 11 is 0. The summed E-state index contributed by atoms with van der Waals surface area (Å²) in [5.74, 6) is 0.189. The maximum Gasteiger partial charge on any atom is 0.349 e. The van der Waals surface area contributed by atoms with Crippen LogP contribution >= 0.6 is 0 Å². The standard InChI is InChI=1S/C25H20N2O6/c1-12-6-5-7-15-23(29)22(25(30)33-24(12)15)18-9-14(3)26-27(18)17-10-16-13(2)8-21(28)32-19(16)11-20(17)31-4/h5-11,29H,1-4H3. The van der Waals surface area contributed by atoms with Crippen LogP contribution in [0.1, 0.15) is 16.8 Å². The first-order valence-electron chi connectivity index (χ1n) is 10.2. The molecule has 0 aliphatic carbocycles. The summed E-state index contributed by atoms with van der Waals surface area (Å²) in [6, 6.07) is 11.7. The van der Waals surface area contributed by atoms with Gasteiger partial charge in [0.25, 0.3) is 0 Å². The largest absolute Gasteiger partial charge is 0.506 e. The van der Waals surface area contributed by atoms with E-state index in [0.29, 0.717) is 44.8 Å². The Hall–Kier alpha value is -4.33. The van der Waals surface area contributed by atoms with Gasteiger partial charge in [0.05, 0.1) is 23.9 Å². The second-order valence-corrected chi connectivity index (χ2v) is 7.92. The summed E-state index contributed by atoms with van der Waals surface area (Å²) in [4.78, 5) is 24.8. The lowest BCUT2D eigenvalue weighted by atomic mass is 10.1. The number of nitrogens with zero attached hydrogens (tertiary/aromatic N) is 2. The van der Waals surface area contributed by atoms with Crippen molar-refractivity contribution in [1.29, 1.82) is 0 Å². The van der Waals surface area contributed by atoms with E-state index in [1.807, 2.05) is 0 Å². The molecule has 166 valence electrons. The molecule has 8 nitrogen and oxygen atoms in total. The number of para-hydroxylation sites is 1. The summed E-state index contributed by atoms with van der Waals surface area (Å²) < 4.78 is 18.0. The summed E-state index contributed by atoms with van der Waals surface area (Å²) in [5, 5.41) is 16.8. The van der Waals surface area contributed by atoms with Crippen molar-refractivity contribution in [3.8, 4) is 28.4 Å². The summed E-state index contributed by atoms with van der Waals surface area (Å²) in [7, 11) is 1.49. The van der Waals surface area contributed by atoms with Crippen LogP contribution in [0.5, 0.6) is 11.5 Å². The number of hydrogen-bond acceptors (Lipinski definition) is 7. The van der Waals surface area contributed by atoms with Gasteiger partial charge >= 0.3 is 11.3 Å². The van der Waals surface area contributed by atoms with Crippen molar-refractivity contribution in [2.45, 2.75) is 20.8 Å². The molecule has 3 aromatic heterocycles. The Morgan fingerprint density at radius 3 is 2.52 bits per heavy atom. The van der Waals surface area contributed by atoms with Crippen molar-refractivity contribution in [2.75, 3.05) is 7.11 Å². The van der Waals surface area contributed by atoms with Gasteiger partial charge < -0.3 is 18.7 Å². The first-order chi connectivity index (χ1) is 15.8. The molecule has 3 heterocycles. The van der Waals surface area contributed by atoms with Crippen molar-refractivity contribution in [1.82, 2.24) is 9.78 Å². The number of aromatic hydroxyl groups is 1. The van der Waals surface area contributed by atoms with Gasteiger partial charge in [0.1, 0.15) is 33.9 Å². The minimum Gasteiger partial charge on any atom is -0.506 e. The second kappa shape index (κ2) is 7.37. The predicted octanol–water partition coefficient (Wildman–Crippen LogP) is 4.39. The number of ether oxygens (including phenoxy) is 1. The predicted molar refractivity (Wildman–Crippen MR) is 124 cm³/mol. The fraction of sp³-hybridized carbons (Fsp3) is 0.160. The number of methoxy groups -OCH3 is 1. The van der Waals surface area contributed by atoms with Gasteiger partial charge in [0.2, 0.25) is 0 Å². The van der Waals surface area contributed by atoms with E-state index in [9.17, 15) is 14.7 Å². The quantitative estimate of drug-likeness (QED) is 0.411. The molecule has 5 rings (SSSR count). The normalized spacial score (nSPS) is 11.4. The molecule has 0 radical (unpaired) electrons. The van der Waals surface area contributed by atoms with Crippen LogP contribution in [0.3, 0.4) is 0 Å². The first-order valence-corrected chi connectivity index (χ1v) is 10.2. The smallest absolute Gasteiger partial charge is 0.349 e. The minimum absolute atomic E-state index is 0.00725. The van der Waals surface area contributed by atoms with Gasteiger partial charge in [-0.3, -0.25) is 0 Å². The molecule has 0 spiro atoms. The third kappa shape index (κ3) is 3.18. The molecule has 0 saturated carbocycles. The van der Waals surface area contributed by atoms with Gasteiger partial charge in [0.15, 0.2) is 0 Å². The van der Waals surface area contributed by atoms with Crippen molar-refractivity contribution in [3.63, 3.8) is 0 Å². The second-order valence-electron chi connectivity index (χ2n) is 7.92. The van der Waals surface area contributed by atoms with Crippen LogP contribution < -0.4 is 16.0 Å². The Morgan fingerprint density at radius 2 is 1.76 bits per heavy atom. The number of rotatable bonds is 3. The zero-order valence-corrected chi connectivity index (χ0v) is 18.4. The summed E-state index contributed by atoms with van der Waals surface area (Å²) in [6.07, 6.45) is 0. The average Bonchev–Trinajstić information content (AvgIpc) is 3.14. The molecule has 33 heavy (non-hydrogen) atoms. The van der Waals surface area contributed by atoms with E-state index in [1.165, 1.54) is 17.9 Å². The van der Waals surface area contributed by atoms with Gasteiger partial charge in [-0.05, 0) is 50.1 Å². The van der Waals surface area contributed by atoms with Crippen LogP contribution in [0, 0.1) is 20.8 Å². The molecule has 0 aliphatic heterocycles. The van der Waals surface area contributed by atoms with Crippen LogP contribution in [-0.4, -0.2) is 22.0 Å². The third-order valence-electron chi connectivity index (χ3n) is 5.67. The molecule has 0 bridgehead atoms. The summed E-state index contributed by atoms with van der Waals surface area (Å²) in [5.41, 5.74) is 2.48. The van der Waals surface area contributed by atoms with Crippen molar-refractivity contribution in [2.24, 2.45) is 0 Å². The Labute approximate surface area is 187 Å². The van der Waals surface area contributed by atoms with E-state index in [1.54, 1.807) is 57.2 Å². The Kier molecular flexibility index (Phi) is 4.59. The Balaban J connectivity index is 1.85. The van der Waals surface area contributed by atoms with Crippen LogP contribution in [-0.2, 0) is 0 Å². The van der Waals surface area contributed by atoms with Gasteiger partial charge in [-0.15, -0.1) is 0 Å². The lowest BCUT2D eigenvalue weighted by molar-refractivity contribution is 0.411. The lowest BCUT2D eigenvalue weighted by Crippen LogP contribution is -2.09. The SMILES string of the molecule is COc1cc2oc(=O)cc(C)c2cc1-n1nc(C)cc1-c1c(O)c2cccc(C)c2oc1=O. The average molecular weight is 444 g/mol. The van der Waals surface area contributed by atoms with Crippen LogP contribution in [0.4, 0.5) is 0 Å². The van der Waals surface area contributed by atoms with Gasteiger partial charge in [-0.2, -0.15) is 5.10 Å². The molecule has 2 aromatic carbocycles. The fourth-order valence-corrected chi connectivity index (χ4v) is 4.10. The molecular weight excluding hydrogens is 424 g/mol. The van der Waals surface area contributed by atoms with E-state index >= 15 is 0 Å². The highest BCUT2D eigenvalue weighted by Crippen LogP contribution is 2.37. The lowest BCUT2D eigenvalue weighted by Gasteiger charge is -2.14. The van der Waals surface area contributed by atoms with Crippen molar-refractivity contribution >= 4 is 21.9 Å². The Morgan fingerprint density at radius 1 is 0.970 bits per heavy atom. The highest BCUT2D eigenvalue weighted by atomic mass is 16.5. The zero-order valence-electron chi connectivity index (χ0n) is 18.4. The molecule has 1 N–H and O–H groups in total. The molecule has 0 saturated heterocycles. The van der Waals surface area contributed by atoms with E-state index in [0.717, 1.165) is 11.1 Å². The molecule has 8 heteroatoms. The van der Waals surface area contributed by atoms with Crippen molar-refractivity contribution in [3.05, 3.63) is 80.1 Å². The molecule has 0 aliphatic rings. The van der Waals surface area contributed by atoms with Crippen LogP contribution in [0.15, 0.2) is 60.9 Å².